The molecule has 1 unspecified atom stereocenters. The lowest BCUT2D eigenvalue weighted by atomic mass is 9.90. The third-order valence-electron chi connectivity index (χ3n) is 6.46. The van der Waals surface area contributed by atoms with E-state index in [0.717, 1.165) is 41.7 Å². The van der Waals surface area contributed by atoms with Crippen molar-refractivity contribution in [2.45, 2.75) is 52.5 Å². The molecule has 1 aromatic carbocycles. The van der Waals surface area contributed by atoms with Gasteiger partial charge in [0, 0.05) is 43.1 Å². The van der Waals surface area contributed by atoms with Crippen LogP contribution >= 0.6 is 0 Å². The summed E-state index contributed by atoms with van der Waals surface area (Å²) >= 11 is 0. The summed E-state index contributed by atoms with van der Waals surface area (Å²) in [6.07, 6.45) is 2.16. The standard InChI is InChI=1S/C24H29N5O2/c1-15-16(2)27-29(17(15)3)12-10-22(30)28-11-6-8-19(14-28)23-20(24(25)31)13-18-7-4-5-9-21(18)26-23/h4-5,7,9,13,19H,6,8,10-12,14H2,1-3H3,(H2,25,31). The van der Waals surface area contributed by atoms with Crippen LogP contribution < -0.4 is 5.73 Å². The second kappa shape index (κ2) is 8.49. The third kappa shape index (κ3) is 4.17. The van der Waals surface area contributed by atoms with Gasteiger partial charge in [-0.3, -0.25) is 19.3 Å². The zero-order chi connectivity index (χ0) is 22.1. The Morgan fingerprint density at radius 2 is 1.97 bits per heavy atom. The van der Waals surface area contributed by atoms with Crippen LogP contribution in [0, 0.1) is 20.8 Å². The summed E-state index contributed by atoms with van der Waals surface area (Å²) in [5.41, 5.74) is 11.0. The van der Waals surface area contributed by atoms with Crippen LogP contribution in [0.2, 0.25) is 0 Å². The van der Waals surface area contributed by atoms with E-state index in [1.165, 1.54) is 5.56 Å². The number of likely N-dealkylation sites (tertiary alicyclic amines) is 1. The number of carbonyl (C=O) groups is 2. The van der Waals surface area contributed by atoms with E-state index in [2.05, 4.69) is 12.0 Å². The van der Waals surface area contributed by atoms with Crippen molar-refractivity contribution in [3.63, 3.8) is 0 Å². The molecule has 3 aromatic rings. The van der Waals surface area contributed by atoms with Crippen molar-refractivity contribution in [1.82, 2.24) is 19.7 Å². The molecule has 162 valence electrons. The van der Waals surface area contributed by atoms with Crippen LogP contribution in [-0.4, -0.2) is 44.6 Å². The van der Waals surface area contributed by atoms with Crippen molar-refractivity contribution in [2.75, 3.05) is 13.1 Å². The summed E-state index contributed by atoms with van der Waals surface area (Å²) in [5.74, 6) is -0.367. The molecule has 2 aromatic heterocycles. The summed E-state index contributed by atoms with van der Waals surface area (Å²) in [5, 5.41) is 5.43. The molecule has 3 heterocycles. The highest BCUT2D eigenvalue weighted by molar-refractivity contribution is 5.97. The number of aryl methyl sites for hydroxylation is 2. The average Bonchev–Trinajstić information content (AvgIpc) is 3.03. The number of para-hydroxylation sites is 1. The smallest absolute Gasteiger partial charge is 0.250 e. The molecule has 1 aliphatic rings. The number of pyridine rings is 1. The van der Waals surface area contributed by atoms with E-state index in [1.807, 2.05) is 53.8 Å². The number of amides is 2. The van der Waals surface area contributed by atoms with Crippen molar-refractivity contribution in [2.24, 2.45) is 5.73 Å². The zero-order valence-electron chi connectivity index (χ0n) is 18.4. The second-order valence-corrected chi connectivity index (χ2v) is 8.43. The van der Waals surface area contributed by atoms with E-state index in [0.29, 0.717) is 30.8 Å². The number of carbonyl (C=O) groups excluding carboxylic acids is 2. The Bertz CT molecular complexity index is 1150. The SMILES string of the molecule is Cc1nn(CCC(=O)N2CCCC(c3nc4ccccc4cc3C(N)=O)C2)c(C)c1C. The fraction of sp³-hybridized carbons (Fsp3) is 0.417. The molecule has 0 radical (unpaired) electrons. The van der Waals surface area contributed by atoms with Crippen molar-refractivity contribution < 1.29 is 9.59 Å². The van der Waals surface area contributed by atoms with Gasteiger partial charge in [-0.25, -0.2) is 0 Å². The van der Waals surface area contributed by atoms with Crippen molar-refractivity contribution >= 4 is 22.7 Å². The molecular weight excluding hydrogens is 390 g/mol. The average molecular weight is 420 g/mol. The molecule has 0 saturated carbocycles. The van der Waals surface area contributed by atoms with E-state index >= 15 is 0 Å². The lowest BCUT2D eigenvalue weighted by molar-refractivity contribution is -0.132. The lowest BCUT2D eigenvalue weighted by Crippen LogP contribution is -2.40. The van der Waals surface area contributed by atoms with E-state index in [-0.39, 0.29) is 11.8 Å². The lowest BCUT2D eigenvalue weighted by Gasteiger charge is -2.33. The Morgan fingerprint density at radius 3 is 2.68 bits per heavy atom. The maximum absolute atomic E-state index is 13.0. The minimum absolute atomic E-state index is 0.000680. The van der Waals surface area contributed by atoms with Crippen LogP contribution in [-0.2, 0) is 11.3 Å². The number of rotatable bonds is 5. The minimum Gasteiger partial charge on any atom is -0.366 e. The Hall–Kier alpha value is -3.22. The molecule has 0 bridgehead atoms. The van der Waals surface area contributed by atoms with Gasteiger partial charge < -0.3 is 10.6 Å². The highest BCUT2D eigenvalue weighted by atomic mass is 16.2. The van der Waals surface area contributed by atoms with E-state index in [4.69, 9.17) is 10.7 Å². The van der Waals surface area contributed by atoms with Crippen LogP contribution in [0.15, 0.2) is 30.3 Å². The molecule has 0 aliphatic carbocycles. The van der Waals surface area contributed by atoms with Gasteiger partial charge in [0.25, 0.3) is 5.91 Å². The van der Waals surface area contributed by atoms with Gasteiger partial charge in [0.1, 0.15) is 0 Å². The normalized spacial score (nSPS) is 16.6. The van der Waals surface area contributed by atoms with Crippen LogP contribution in [0.1, 0.15) is 58.2 Å². The molecule has 0 spiro atoms. The summed E-state index contributed by atoms with van der Waals surface area (Å²) < 4.78 is 1.92. The topological polar surface area (TPSA) is 94.1 Å². The van der Waals surface area contributed by atoms with Gasteiger partial charge in [0.15, 0.2) is 0 Å². The molecule has 1 saturated heterocycles. The van der Waals surface area contributed by atoms with Gasteiger partial charge in [-0.1, -0.05) is 18.2 Å². The second-order valence-electron chi connectivity index (χ2n) is 8.43. The number of nitrogens with two attached hydrogens (primary N) is 1. The predicted octanol–water partition coefficient (Wildman–Crippen LogP) is 3.25. The largest absolute Gasteiger partial charge is 0.366 e. The monoisotopic (exact) mass is 419 g/mol. The Balaban J connectivity index is 1.51. The van der Waals surface area contributed by atoms with E-state index < -0.39 is 5.91 Å². The number of hydrogen-bond acceptors (Lipinski definition) is 4. The van der Waals surface area contributed by atoms with Gasteiger partial charge in [0.05, 0.1) is 22.5 Å². The summed E-state index contributed by atoms with van der Waals surface area (Å²) in [6, 6.07) is 9.54. The zero-order valence-corrected chi connectivity index (χ0v) is 18.4. The molecule has 2 N–H and O–H groups in total. The third-order valence-corrected chi connectivity index (χ3v) is 6.46. The molecule has 31 heavy (non-hydrogen) atoms. The maximum atomic E-state index is 13.0. The van der Waals surface area contributed by atoms with E-state index in [1.54, 1.807) is 0 Å². The summed E-state index contributed by atoms with van der Waals surface area (Å²) in [7, 11) is 0. The fourth-order valence-corrected chi connectivity index (χ4v) is 4.43. The quantitative estimate of drug-likeness (QED) is 0.687. The summed E-state index contributed by atoms with van der Waals surface area (Å²) in [6.45, 7) is 7.93. The number of fused-ring (bicyclic) bond motifs is 1. The van der Waals surface area contributed by atoms with Crippen LogP contribution in [0.25, 0.3) is 10.9 Å². The molecule has 1 fully saturated rings. The number of aromatic nitrogens is 3. The highest BCUT2D eigenvalue weighted by Crippen LogP contribution is 2.30. The van der Waals surface area contributed by atoms with E-state index in [9.17, 15) is 9.59 Å². The fourth-order valence-electron chi connectivity index (χ4n) is 4.43. The van der Waals surface area contributed by atoms with Gasteiger partial charge >= 0.3 is 0 Å². The summed E-state index contributed by atoms with van der Waals surface area (Å²) in [4.78, 5) is 31.8. The van der Waals surface area contributed by atoms with Crippen LogP contribution in [0.3, 0.4) is 0 Å². The van der Waals surface area contributed by atoms with Crippen LogP contribution in [0.5, 0.6) is 0 Å². The first kappa shape index (κ1) is 21.0. The Kier molecular flexibility index (Phi) is 5.76. The van der Waals surface area contributed by atoms with Gasteiger partial charge in [0.2, 0.25) is 5.91 Å². The predicted molar refractivity (Wildman–Crippen MR) is 120 cm³/mol. The first-order valence-electron chi connectivity index (χ1n) is 10.8. The number of hydrogen-bond donors (Lipinski definition) is 1. The van der Waals surface area contributed by atoms with Crippen molar-refractivity contribution in [3.05, 3.63) is 58.5 Å². The van der Waals surface area contributed by atoms with Gasteiger partial charge in [-0.15, -0.1) is 0 Å². The number of nitrogens with zero attached hydrogens (tertiary/aromatic N) is 4. The maximum Gasteiger partial charge on any atom is 0.250 e. The Labute approximate surface area is 182 Å². The van der Waals surface area contributed by atoms with Crippen molar-refractivity contribution in [3.8, 4) is 0 Å². The molecule has 2 amide bonds. The van der Waals surface area contributed by atoms with Crippen LogP contribution in [0.4, 0.5) is 0 Å². The van der Waals surface area contributed by atoms with Gasteiger partial charge in [-0.05, 0) is 51.3 Å². The molecule has 7 heteroatoms. The number of primary amides is 1. The molecule has 1 aliphatic heterocycles. The van der Waals surface area contributed by atoms with Crippen molar-refractivity contribution in [1.29, 1.82) is 0 Å². The molecule has 4 rings (SSSR count). The highest BCUT2D eigenvalue weighted by Gasteiger charge is 2.28. The minimum atomic E-state index is -0.475. The van der Waals surface area contributed by atoms with Gasteiger partial charge in [-0.2, -0.15) is 5.10 Å². The molecule has 1 atom stereocenters. The number of benzene rings is 1. The first-order valence-corrected chi connectivity index (χ1v) is 10.8. The Morgan fingerprint density at radius 1 is 1.19 bits per heavy atom. The molecule has 7 nitrogen and oxygen atoms in total. The molecular formula is C24H29N5O2. The number of piperidine rings is 1. The first-order chi connectivity index (χ1) is 14.8.